The number of carbonyl (C=O) groups excluding carboxylic acids is 1. The molecule has 1 amide bonds. The molecule has 0 aliphatic carbocycles. The fourth-order valence-electron chi connectivity index (χ4n) is 4.23. The number of aliphatic carboxylic acids is 1. The van der Waals surface area contributed by atoms with Crippen molar-refractivity contribution < 1.29 is 27.9 Å². The van der Waals surface area contributed by atoms with Gasteiger partial charge in [0.05, 0.1) is 11.5 Å². The number of amides is 1. The summed E-state index contributed by atoms with van der Waals surface area (Å²) in [6.45, 7) is 8.23. The average molecular weight is 445 g/mol. The molecule has 2 aliphatic heterocycles. The minimum absolute atomic E-state index is 0.153. The first kappa shape index (κ1) is 24.8. The van der Waals surface area contributed by atoms with Gasteiger partial charge in [0.1, 0.15) is 0 Å². The number of hydrogen-bond acceptors (Lipinski definition) is 6. The molecule has 1 aromatic heterocycles. The van der Waals surface area contributed by atoms with Crippen LogP contribution in [0.5, 0.6) is 0 Å². The molecule has 0 unspecified atom stereocenters. The molecule has 8 nitrogen and oxygen atoms in total. The van der Waals surface area contributed by atoms with E-state index in [1.807, 2.05) is 6.07 Å². The number of nitrogens with zero attached hydrogens (tertiary/aromatic N) is 4. The molecule has 2 saturated heterocycles. The maximum absolute atomic E-state index is 12.8. The minimum atomic E-state index is -5.08. The number of piperidine rings is 1. The third-order valence-corrected chi connectivity index (χ3v) is 5.73. The predicted molar refractivity (Wildman–Crippen MR) is 108 cm³/mol. The normalized spacial score (nSPS) is 23.7. The number of alkyl halides is 3. The van der Waals surface area contributed by atoms with Crippen molar-refractivity contribution in [2.75, 3.05) is 38.1 Å². The Morgan fingerprint density at radius 2 is 1.94 bits per heavy atom. The Kier molecular flexibility index (Phi) is 8.21. The number of carboxylic acid groups (broad SMARTS) is 1. The first-order chi connectivity index (χ1) is 14.5. The van der Waals surface area contributed by atoms with Crippen LogP contribution in [0.25, 0.3) is 0 Å². The zero-order chi connectivity index (χ0) is 23.2. The molecular formula is C20H30F3N5O3. The lowest BCUT2D eigenvalue weighted by molar-refractivity contribution is -0.192. The quantitative estimate of drug-likeness (QED) is 0.717. The molecular weight excluding hydrogens is 415 g/mol. The van der Waals surface area contributed by atoms with E-state index in [4.69, 9.17) is 9.90 Å². The molecule has 11 heteroatoms. The lowest BCUT2D eigenvalue weighted by Crippen LogP contribution is -2.58. The number of nitrogens with one attached hydrogen (secondary N) is 1. The maximum atomic E-state index is 12.8. The van der Waals surface area contributed by atoms with Crippen molar-refractivity contribution in [2.45, 2.75) is 45.3 Å². The molecule has 3 heterocycles. The summed E-state index contributed by atoms with van der Waals surface area (Å²) in [5.41, 5.74) is -0.344. The van der Waals surface area contributed by atoms with Crippen molar-refractivity contribution in [1.82, 2.24) is 20.2 Å². The smallest absolute Gasteiger partial charge is 0.475 e. The van der Waals surface area contributed by atoms with Crippen molar-refractivity contribution in [3.63, 3.8) is 0 Å². The van der Waals surface area contributed by atoms with E-state index in [-0.39, 0.29) is 17.4 Å². The van der Waals surface area contributed by atoms with Gasteiger partial charge in [-0.05, 0) is 37.8 Å². The molecule has 1 aromatic rings. The van der Waals surface area contributed by atoms with Crippen LogP contribution in [-0.2, 0) is 9.59 Å². The highest BCUT2D eigenvalue weighted by atomic mass is 19.4. The van der Waals surface area contributed by atoms with Crippen LogP contribution in [0.4, 0.5) is 19.1 Å². The molecule has 0 spiro atoms. The van der Waals surface area contributed by atoms with Gasteiger partial charge in [-0.25, -0.2) is 14.8 Å². The molecule has 2 aliphatic rings. The van der Waals surface area contributed by atoms with Gasteiger partial charge in [0, 0.05) is 39.1 Å². The van der Waals surface area contributed by atoms with Gasteiger partial charge in [0.15, 0.2) is 0 Å². The van der Waals surface area contributed by atoms with Gasteiger partial charge in [0.25, 0.3) is 0 Å². The molecule has 2 fully saturated rings. The zero-order valence-corrected chi connectivity index (χ0v) is 18.0. The summed E-state index contributed by atoms with van der Waals surface area (Å²) in [7, 11) is 1.75. The largest absolute Gasteiger partial charge is 0.490 e. The van der Waals surface area contributed by atoms with Crippen LogP contribution < -0.4 is 10.2 Å². The summed E-state index contributed by atoms with van der Waals surface area (Å²) in [6, 6.07) is 1.99. The van der Waals surface area contributed by atoms with E-state index in [9.17, 15) is 18.0 Å². The Balaban J connectivity index is 0.000000423. The first-order valence-corrected chi connectivity index (χ1v) is 10.3. The molecule has 0 radical (unpaired) electrons. The highest BCUT2D eigenvalue weighted by Crippen LogP contribution is 2.43. The van der Waals surface area contributed by atoms with Crippen molar-refractivity contribution in [3.8, 4) is 0 Å². The SMILES string of the molecule is CNC(=O)[C@@]12CCCN(c3ncccn3)[C@@H]1CN(CCC(C)C)C2.O=C(O)C(F)(F)F. The van der Waals surface area contributed by atoms with Crippen LogP contribution in [0, 0.1) is 11.3 Å². The third-order valence-electron chi connectivity index (χ3n) is 5.73. The first-order valence-electron chi connectivity index (χ1n) is 10.3. The third kappa shape index (κ3) is 6.05. The number of rotatable bonds is 5. The number of likely N-dealkylation sites (tertiary alicyclic amines) is 1. The van der Waals surface area contributed by atoms with E-state index in [1.54, 1.807) is 19.4 Å². The van der Waals surface area contributed by atoms with Crippen LogP contribution in [0.1, 0.15) is 33.1 Å². The number of carboxylic acids is 1. The molecule has 3 rings (SSSR count). The Morgan fingerprint density at radius 1 is 1.32 bits per heavy atom. The Bertz CT molecular complexity index is 747. The molecule has 0 bridgehead atoms. The van der Waals surface area contributed by atoms with Gasteiger partial charge in [-0.3, -0.25) is 4.79 Å². The van der Waals surface area contributed by atoms with Gasteiger partial charge in [-0.15, -0.1) is 0 Å². The van der Waals surface area contributed by atoms with Crippen molar-refractivity contribution in [1.29, 1.82) is 0 Å². The van der Waals surface area contributed by atoms with E-state index in [0.717, 1.165) is 45.0 Å². The summed E-state index contributed by atoms with van der Waals surface area (Å²) in [4.78, 5) is 35.3. The maximum Gasteiger partial charge on any atom is 0.490 e. The fraction of sp³-hybridized carbons (Fsp3) is 0.700. The zero-order valence-electron chi connectivity index (χ0n) is 18.0. The number of aromatic nitrogens is 2. The second kappa shape index (κ2) is 10.3. The average Bonchev–Trinajstić information content (AvgIpc) is 3.12. The minimum Gasteiger partial charge on any atom is -0.475 e. The van der Waals surface area contributed by atoms with Crippen molar-refractivity contribution >= 4 is 17.8 Å². The highest BCUT2D eigenvalue weighted by Gasteiger charge is 2.55. The van der Waals surface area contributed by atoms with Crippen LogP contribution in [0.15, 0.2) is 18.5 Å². The van der Waals surface area contributed by atoms with E-state index in [2.05, 4.69) is 38.9 Å². The van der Waals surface area contributed by atoms with Gasteiger partial charge >= 0.3 is 12.1 Å². The summed E-state index contributed by atoms with van der Waals surface area (Å²) < 4.78 is 31.7. The van der Waals surface area contributed by atoms with E-state index < -0.39 is 12.1 Å². The molecule has 31 heavy (non-hydrogen) atoms. The number of fused-ring (bicyclic) bond motifs is 1. The lowest BCUT2D eigenvalue weighted by Gasteiger charge is -2.44. The molecule has 2 N–H and O–H groups in total. The van der Waals surface area contributed by atoms with Crippen LogP contribution in [-0.4, -0.2) is 77.3 Å². The van der Waals surface area contributed by atoms with Crippen LogP contribution in [0.3, 0.4) is 0 Å². The van der Waals surface area contributed by atoms with E-state index in [0.29, 0.717) is 5.92 Å². The number of hydrogen-bond donors (Lipinski definition) is 2. The second-order valence-electron chi connectivity index (χ2n) is 8.32. The number of anilines is 1. The van der Waals surface area contributed by atoms with Gasteiger partial charge in [-0.2, -0.15) is 13.2 Å². The van der Waals surface area contributed by atoms with E-state index in [1.165, 1.54) is 6.42 Å². The fourth-order valence-corrected chi connectivity index (χ4v) is 4.23. The second-order valence-corrected chi connectivity index (χ2v) is 8.32. The van der Waals surface area contributed by atoms with Crippen molar-refractivity contribution in [3.05, 3.63) is 18.5 Å². The molecule has 0 saturated carbocycles. The lowest BCUT2D eigenvalue weighted by atomic mass is 9.74. The standard InChI is InChI=1S/C18H29N5O.C2HF3O2/c1-14(2)6-11-22-12-15-18(13-22,16(24)19-3)7-4-10-23(15)17-20-8-5-9-21-17;3-2(4,5)1(6)7/h5,8-9,14-15H,4,6-7,10-13H2,1-3H3,(H,19,24);(H,6,7)/t15-,18-;/m1./s1. The Hall–Kier alpha value is -2.43. The predicted octanol–water partition coefficient (Wildman–Crippen LogP) is 2.17. The molecule has 0 aromatic carbocycles. The monoisotopic (exact) mass is 445 g/mol. The number of carbonyl (C=O) groups is 2. The van der Waals surface area contributed by atoms with Crippen LogP contribution in [0.2, 0.25) is 0 Å². The summed E-state index contributed by atoms with van der Waals surface area (Å²) in [5.74, 6) is -1.16. The van der Waals surface area contributed by atoms with Gasteiger partial charge in [-0.1, -0.05) is 13.8 Å². The summed E-state index contributed by atoms with van der Waals surface area (Å²) >= 11 is 0. The van der Waals surface area contributed by atoms with Crippen LogP contribution >= 0.6 is 0 Å². The Labute approximate surface area is 179 Å². The summed E-state index contributed by atoms with van der Waals surface area (Å²) in [6.07, 6.45) is 1.59. The number of halogens is 3. The topological polar surface area (TPSA) is 98.7 Å². The van der Waals surface area contributed by atoms with Gasteiger partial charge < -0.3 is 20.2 Å². The molecule has 2 atom stereocenters. The Morgan fingerprint density at radius 3 is 2.45 bits per heavy atom. The molecule has 174 valence electrons. The van der Waals surface area contributed by atoms with Gasteiger partial charge in [0.2, 0.25) is 11.9 Å². The van der Waals surface area contributed by atoms with Crippen molar-refractivity contribution in [2.24, 2.45) is 11.3 Å². The highest BCUT2D eigenvalue weighted by molar-refractivity contribution is 5.85. The summed E-state index contributed by atoms with van der Waals surface area (Å²) in [5, 5.41) is 10.0. The van der Waals surface area contributed by atoms with E-state index >= 15 is 0 Å².